The molecule has 0 spiro atoms. The fourth-order valence-electron chi connectivity index (χ4n) is 2.78. The minimum absolute atomic E-state index is 0.637. The number of allylic oxidation sites excluding steroid dienone is 1. The molecule has 2 aliphatic heterocycles. The number of halogens is 1. The van der Waals surface area contributed by atoms with Crippen molar-refractivity contribution >= 4 is 11.6 Å². The number of hydrogen-bond acceptors (Lipinski definition) is 2. The predicted octanol–water partition coefficient (Wildman–Crippen LogP) is 1.95. The lowest BCUT2D eigenvalue weighted by Gasteiger charge is -2.41. The second-order valence-corrected chi connectivity index (χ2v) is 5.03. The molecule has 0 amide bonds. The van der Waals surface area contributed by atoms with E-state index in [4.69, 9.17) is 11.6 Å². The Labute approximate surface area is 97.9 Å². The quantitative estimate of drug-likeness (QED) is 0.538. The number of fused-ring (bicyclic) bond motifs is 1. The van der Waals surface area contributed by atoms with Crippen molar-refractivity contribution in [1.29, 1.82) is 0 Å². The maximum absolute atomic E-state index is 5.63. The standard InChI is InChI=1S/C12H21ClN2/c1-11-9-15-8-4-5-12(15)10-14(11)7-3-2-6-13/h2-3,11-12H,4-10H2,1H3. The summed E-state index contributed by atoms with van der Waals surface area (Å²) in [4.78, 5) is 5.24. The molecule has 0 aromatic carbocycles. The average Bonchev–Trinajstić information content (AvgIpc) is 2.65. The van der Waals surface area contributed by atoms with Gasteiger partial charge in [0, 0.05) is 37.6 Å². The fourth-order valence-corrected chi connectivity index (χ4v) is 2.90. The third-order valence-corrected chi connectivity index (χ3v) is 3.84. The second kappa shape index (κ2) is 5.33. The normalized spacial score (nSPS) is 33.7. The van der Waals surface area contributed by atoms with E-state index in [1.165, 1.54) is 32.5 Å². The van der Waals surface area contributed by atoms with E-state index < -0.39 is 0 Å². The second-order valence-electron chi connectivity index (χ2n) is 4.72. The van der Waals surface area contributed by atoms with Gasteiger partial charge in [0.1, 0.15) is 0 Å². The fraction of sp³-hybridized carbons (Fsp3) is 0.833. The Kier molecular flexibility index (Phi) is 4.06. The van der Waals surface area contributed by atoms with Crippen LogP contribution in [0.1, 0.15) is 19.8 Å². The van der Waals surface area contributed by atoms with Crippen molar-refractivity contribution in [3.8, 4) is 0 Å². The molecule has 0 N–H and O–H groups in total. The van der Waals surface area contributed by atoms with Gasteiger partial charge in [0.2, 0.25) is 0 Å². The first-order valence-corrected chi connectivity index (χ1v) is 6.54. The SMILES string of the molecule is CC1CN2CCCC2CN1CC=CCCl. The van der Waals surface area contributed by atoms with E-state index >= 15 is 0 Å². The Hall–Kier alpha value is -0.0500. The summed E-state index contributed by atoms with van der Waals surface area (Å²) in [6, 6.07) is 1.52. The zero-order valence-electron chi connectivity index (χ0n) is 9.53. The topological polar surface area (TPSA) is 6.48 Å². The van der Waals surface area contributed by atoms with Crippen molar-refractivity contribution < 1.29 is 0 Å². The Morgan fingerprint density at radius 1 is 1.33 bits per heavy atom. The highest BCUT2D eigenvalue weighted by Crippen LogP contribution is 2.24. The molecule has 0 saturated carbocycles. The molecule has 0 bridgehead atoms. The maximum Gasteiger partial charge on any atom is 0.0404 e. The van der Waals surface area contributed by atoms with E-state index in [0.717, 1.165) is 12.6 Å². The maximum atomic E-state index is 5.63. The molecular formula is C12H21ClN2. The largest absolute Gasteiger partial charge is 0.298 e. The van der Waals surface area contributed by atoms with Crippen LogP contribution in [0.25, 0.3) is 0 Å². The van der Waals surface area contributed by atoms with Gasteiger partial charge < -0.3 is 0 Å². The number of nitrogens with zero attached hydrogens (tertiary/aromatic N) is 2. The third kappa shape index (κ3) is 2.74. The van der Waals surface area contributed by atoms with Crippen molar-refractivity contribution in [2.75, 3.05) is 32.1 Å². The molecular weight excluding hydrogens is 208 g/mol. The Morgan fingerprint density at radius 2 is 2.20 bits per heavy atom. The molecule has 0 radical (unpaired) electrons. The minimum atomic E-state index is 0.637. The predicted molar refractivity (Wildman–Crippen MR) is 65.5 cm³/mol. The third-order valence-electron chi connectivity index (χ3n) is 3.66. The first kappa shape index (κ1) is 11.4. The first-order chi connectivity index (χ1) is 7.31. The summed E-state index contributed by atoms with van der Waals surface area (Å²) in [5.74, 6) is 0.637. The van der Waals surface area contributed by atoms with Crippen LogP contribution >= 0.6 is 11.6 Å². The highest BCUT2D eigenvalue weighted by Gasteiger charge is 2.33. The van der Waals surface area contributed by atoms with Gasteiger partial charge in [-0.3, -0.25) is 9.80 Å². The number of alkyl halides is 1. The van der Waals surface area contributed by atoms with Crippen LogP contribution in [0.3, 0.4) is 0 Å². The Morgan fingerprint density at radius 3 is 3.00 bits per heavy atom. The number of rotatable bonds is 3. The molecule has 2 rings (SSSR count). The number of piperazine rings is 1. The van der Waals surface area contributed by atoms with Crippen LogP contribution in [0.15, 0.2) is 12.2 Å². The minimum Gasteiger partial charge on any atom is -0.298 e. The zero-order valence-corrected chi connectivity index (χ0v) is 10.3. The van der Waals surface area contributed by atoms with Crippen LogP contribution in [0.2, 0.25) is 0 Å². The van der Waals surface area contributed by atoms with E-state index in [9.17, 15) is 0 Å². The summed E-state index contributed by atoms with van der Waals surface area (Å²) < 4.78 is 0. The van der Waals surface area contributed by atoms with Crippen LogP contribution in [0, 0.1) is 0 Å². The molecule has 0 aliphatic carbocycles. The summed E-state index contributed by atoms with van der Waals surface area (Å²) in [6.07, 6.45) is 7.04. The molecule has 2 saturated heterocycles. The van der Waals surface area contributed by atoms with Gasteiger partial charge in [0.25, 0.3) is 0 Å². The van der Waals surface area contributed by atoms with Crippen LogP contribution in [-0.4, -0.2) is 53.9 Å². The van der Waals surface area contributed by atoms with Crippen molar-refractivity contribution in [3.63, 3.8) is 0 Å². The lowest BCUT2D eigenvalue weighted by Crippen LogP contribution is -2.54. The molecule has 2 nitrogen and oxygen atoms in total. The van der Waals surface area contributed by atoms with E-state index in [-0.39, 0.29) is 0 Å². The van der Waals surface area contributed by atoms with Crippen molar-refractivity contribution in [1.82, 2.24) is 9.80 Å². The summed E-state index contributed by atoms with van der Waals surface area (Å²) in [6.45, 7) is 7.22. The molecule has 15 heavy (non-hydrogen) atoms. The van der Waals surface area contributed by atoms with Gasteiger partial charge in [0.15, 0.2) is 0 Å². The monoisotopic (exact) mass is 228 g/mol. The van der Waals surface area contributed by atoms with Gasteiger partial charge >= 0.3 is 0 Å². The van der Waals surface area contributed by atoms with Crippen molar-refractivity contribution in [3.05, 3.63) is 12.2 Å². The average molecular weight is 229 g/mol. The van der Waals surface area contributed by atoms with Crippen molar-refractivity contribution in [2.24, 2.45) is 0 Å². The molecule has 86 valence electrons. The molecule has 0 aromatic heterocycles. The molecule has 2 aliphatic rings. The highest BCUT2D eigenvalue weighted by molar-refractivity contribution is 6.18. The molecule has 2 heterocycles. The van der Waals surface area contributed by atoms with Crippen LogP contribution in [-0.2, 0) is 0 Å². The van der Waals surface area contributed by atoms with Gasteiger partial charge in [-0.1, -0.05) is 12.2 Å². The Bertz CT molecular complexity index is 230. The van der Waals surface area contributed by atoms with E-state index in [0.29, 0.717) is 11.9 Å². The molecule has 2 fully saturated rings. The lowest BCUT2D eigenvalue weighted by atomic mass is 10.1. The zero-order chi connectivity index (χ0) is 10.7. The highest BCUT2D eigenvalue weighted by atomic mass is 35.5. The molecule has 2 unspecified atom stereocenters. The summed E-state index contributed by atoms with van der Waals surface area (Å²) >= 11 is 5.63. The van der Waals surface area contributed by atoms with Gasteiger partial charge in [0.05, 0.1) is 0 Å². The summed E-state index contributed by atoms with van der Waals surface area (Å²) in [5.41, 5.74) is 0. The molecule has 0 aromatic rings. The lowest BCUT2D eigenvalue weighted by molar-refractivity contribution is 0.0684. The molecule has 2 atom stereocenters. The van der Waals surface area contributed by atoms with Gasteiger partial charge in [-0.15, -0.1) is 11.6 Å². The summed E-state index contributed by atoms with van der Waals surface area (Å²) in [5, 5.41) is 0. The first-order valence-electron chi connectivity index (χ1n) is 6.00. The molecule has 3 heteroatoms. The van der Waals surface area contributed by atoms with Gasteiger partial charge in [-0.25, -0.2) is 0 Å². The van der Waals surface area contributed by atoms with E-state index in [1.807, 2.05) is 0 Å². The van der Waals surface area contributed by atoms with Crippen LogP contribution in [0.5, 0.6) is 0 Å². The van der Waals surface area contributed by atoms with E-state index in [1.54, 1.807) is 0 Å². The summed E-state index contributed by atoms with van der Waals surface area (Å²) in [7, 11) is 0. The smallest absolute Gasteiger partial charge is 0.0404 e. The van der Waals surface area contributed by atoms with Gasteiger partial charge in [-0.2, -0.15) is 0 Å². The Balaban J connectivity index is 1.86. The van der Waals surface area contributed by atoms with Crippen LogP contribution in [0.4, 0.5) is 0 Å². The van der Waals surface area contributed by atoms with Gasteiger partial charge in [-0.05, 0) is 26.3 Å². The number of hydrogen-bond donors (Lipinski definition) is 0. The van der Waals surface area contributed by atoms with Crippen molar-refractivity contribution in [2.45, 2.75) is 31.8 Å². The van der Waals surface area contributed by atoms with E-state index in [2.05, 4.69) is 28.9 Å². The van der Waals surface area contributed by atoms with Crippen LogP contribution < -0.4 is 0 Å².